The number of halogens is 1. The van der Waals surface area contributed by atoms with Gasteiger partial charge in [0.25, 0.3) is 0 Å². The molecule has 1 aliphatic rings. The third-order valence-electron chi connectivity index (χ3n) is 6.29. The fourth-order valence-corrected chi connectivity index (χ4v) is 4.16. The molecule has 4 rings (SSSR count). The van der Waals surface area contributed by atoms with Crippen LogP contribution in [-0.2, 0) is 0 Å². The summed E-state index contributed by atoms with van der Waals surface area (Å²) in [6, 6.07) is 11.3. The van der Waals surface area contributed by atoms with Crippen molar-refractivity contribution < 1.29 is 4.39 Å². The fourth-order valence-electron chi connectivity index (χ4n) is 4.16. The highest BCUT2D eigenvalue weighted by molar-refractivity contribution is 5.98. The van der Waals surface area contributed by atoms with Gasteiger partial charge in [-0.1, -0.05) is 32.8 Å². The molecule has 1 aliphatic heterocycles. The van der Waals surface area contributed by atoms with E-state index in [9.17, 15) is 4.39 Å². The number of benzene rings is 2. The van der Waals surface area contributed by atoms with Gasteiger partial charge in [0.2, 0.25) is 5.95 Å². The van der Waals surface area contributed by atoms with E-state index in [2.05, 4.69) is 52.9 Å². The minimum Gasteiger partial charge on any atom is -0.369 e. The van der Waals surface area contributed by atoms with Crippen LogP contribution in [-0.4, -0.2) is 42.7 Å². The lowest BCUT2D eigenvalue weighted by Gasteiger charge is -2.30. The van der Waals surface area contributed by atoms with Gasteiger partial charge < -0.3 is 20.9 Å². The molecule has 1 aromatic heterocycles. The molecule has 0 spiro atoms. The third-order valence-corrected chi connectivity index (χ3v) is 6.29. The summed E-state index contributed by atoms with van der Waals surface area (Å²) in [6.07, 6.45) is 2.25. The van der Waals surface area contributed by atoms with Crippen LogP contribution >= 0.6 is 0 Å². The number of hydrogen-bond acceptors (Lipinski definition) is 6. The first-order chi connectivity index (χ1) is 15.6. The SMILES string of the molecule is CCC(CC)CNc1nc(Nc2ccc(F)c(C)c2)nc2c(N3CCNCC3)cccc12. The van der Waals surface area contributed by atoms with Gasteiger partial charge in [0.05, 0.1) is 5.69 Å². The molecule has 6 nitrogen and oxygen atoms in total. The number of para-hydroxylation sites is 1. The van der Waals surface area contributed by atoms with Gasteiger partial charge in [0.15, 0.2) is 0 Å². The van der Waals surface area contributed by atoms with Gasteiger partial charge in [0, 0.05) is 43.8 Å². The summed E-state index contributed by atoms with van der Waals surface area (Å²) in [7, 11) is 0. The van der Waals surface area contributed by atoms with E-state index in [-0.39, 0.29) is 5.82 Å². The Morgan fingerprint density at radius 1 is 1.09 bits per heavy atom. The van der Waals surface area contributed by atoms with E-state index < -0.39 is 0 Å². The van der Waals surface area contributed by atoms with E-state index in [0.717, 1.165) is 73.7 Å². The molecule has 0 unspecified atom stereocenters. The largest absolute Gasteiger partial charge is 0.369 e. The van der Waals surface area contributed by atoms with Gasteiger partial charge in [-0.2, -0.15) is 4.98 Å². The lowest BCUT2D eigenvalue weighted by Crippen LogP contribution is -2.43. The molecule has 1 saturated heterocycles. The summed E-state index contributed by atoms with van der Waals surface area (Å²) in [5.74, 6) is 1.72. The number of hydrogen-bond donors (Lipinski definition) is 3. The van der Waals surface area contributed by atoms with Crippen molar-refractivity contribution in [2.24, 2.45) is 5.92 Å². The number of aromatic nitrogens is 2. The Kier molecular flexibility index (Phi) is 7.05. The molecule has 3 N–H and O–H groups in total. The maximum absolute atomic E-state index is 13.7. The standard InChI is InChI=1S/C25H33FN6/c1-4-18(5-2)16-28-24-20-7-6-8-22(32-13-11-27-12-14-32)23(20)30-25(31-24)29-19-9-10-21(26)17(3)15-19/h6-10,15,18,27H,4-5,11-14,16H2,1-3H3,(H2,28,29,30,31). The highest BCUT2D eigenvalue weighted by Gasteiger charge is 2.18. The molecule has 0 saturated carbocycles. The smallest absolute Gasteiger partial charge is 0.229 e. The van der Waals surface area contributed by atoms with E-state index in [1.54, 1.807) is 19.1 Å². The van der Waals surface area contributed by atoms with Crippen molar-refractivity contribution in [1.29, 1.82) is 0 Å². The molecular weight excluding hydrogens is 403 g/mol. The Morgan fingerprint density at radius 3 is 2.59 bits per heavy atom. The van der Waals surface area contributed by atoms with E-state index in [1.807, 2.05) is 0 Å². The lowest BCUT2D eigenvalue weighted by atomic mass is 10.0. The molecule has 3 aromatic rings. The Bertz CT molecular complexity index is 1060. The maximum atomic E-state index is 13.7. The Balaban J connectivity index is 1.75. The van der Waals surface area contributed by atoms with Crippen LogP contribution in [0.25, 0.3) is 10.9 Å². The zero-order valence-electron chi connectivity index (χ0n) is 19.2. The molecule has 2 aromatic carbocycles. The molecule has 0 atom stereocenters. The minimum absolute atomic E-state index is 0.219. The van der Waals surface area contributed by atoms with Gasteiger partial charge in [0.1, 0.15) is 17.2 Å². The number of anilines is 4. The fraction of sp³-hybridized carbons (Fsp3) is 0.440. The van der Waals surface area contributed by atoms with Crippen LogP contribution in [0.1, 0.15) is 32.3 Å². The zero-order valence-corrected chi connectivity index (χ0v) is 19.2. The monoisotopic (exact) mass is 436 g/mol. The second-order valence-corrected chi connectivity index (χ2v) is 8.46. The number of piperazine rings is 1. The van der Waals surface area contributed by atoms with E-state index >= 15 is 0 Å². The predicted molar refractivity (Wildman–Crippen MR) is 132 cm³/mol. The molecule has 7 heteroatoms. The number of nitrogens with zero attached hydrogens (tertiary/aromatic N) is 3. The quantitative estimate of drug-likeness (QED) is 0.458. The van der Waals surface area contributed by atoms with Gasteiger partial charge >= 0.3 is 0 Å². The molecule has 170 valence electrons. The topological polar surface area (TPSA) is 65.1 Å². The summed E-state index contributed by atoms with van der Waals surface area (Å²) >= 11 is 0. The van der Waals surface area contributed by atoms with E-state index in [1.165, 1.54) is 6.07 Å². The minimum atomic E-state index is -0.219. The Morgan fingerprint density at radius 2 is 1.88 bits per heavy atom. The first-order valence-electron chi connectivity index (χ1n) is 11.6. The van der Waals surface area contributed by atoms with Crippen molar-refractivity contribution in [3.05, 3.63) is 47.8 Å². The molecule has 2 heterocycles. The summed E-state index contributed by atoms with van der Waals surface area (Å²) in [5.41, 5.74) is 3.41. The van der Waals surface area contributed by atoms with Crippen LogP contribution in [0, 0.1) is 18.7 Å². The number of fused-ring (bicyclic) bond motifs is 1. The third kappa shape index (κ3) is 4.93. The highest BCUT2D eigenvalue weighted by Crippen LogP contribution is 2.32. The summed E-state index contributed by atoms with van der Waals surface area (Å²) in [6.45, 7) is 10.9. The van der Waals surface area contributed by atoms with Gasteiger partial charge in [-0.05, 0) is 48.7 Å². The predicted octanol–water partition coefficient (Wildman–Crippen LogP) is 5.08. The summed E-state index contributed by atoms with van der Waals surface area (Å²) in [5, 5.41) is 11.3. The number of nitrogens with one attached hydrogen (secondary N) is 3. The molecule has 0 radical (unpaired) electrons. The average molecular weight is 437 g/mol. The van der Waals surface area contributed by atoms with Crippen LogP contribution in [0.5, 0.6) is 0 Å². The molecular formula is C25H33FN6. The average Bonchev–Trinajstić information content (AvgIpc) is 2.82. The normalized spacial score (nSPS) is 14.2. The molecule has 1 fully saturated rings. The number of aryl methyl sites for hydroxylation is 1. The first kappa shape index (κ1) is 22.3. The van der Waals surface area contributed by atoms with Gasteiger partial charge in [-0.3, -0.25) is 0 Å². The van der Waals surface area contributed by atoms with Gasteiger partial charge in [-0.15, -0.1) is 0 Å². The van der Waals surface area contributed by atoms with Crippen LogP contribution in [0.3, 0.4) is 0 Å². The molecule has 32 heavy (non-hydrogen) atoms. The van der Waals surface area contributed by atoms with Crippen molar-refractivity contribution in [2.75, 3.05) is 48.3 Å². The molecule has 0 bridgehead atoms. The van der Waals surface area contributed by atoms with Crippen molar-refractivity contribution >= 4 is 34.0 Å². The van der Waals surface area contributed by atoms with Crippen molar-refractivity contribution in [3.8, 4) is 0 Å². The lowest BCUT2D eigenvalue weighted by molar-refractivity contribution is 0.518. The number of rotatable bonds is 8. The molecule has 0 aliphatic carbocycles. The van der Waals surface area contributed by atoms with Crippen molar-refractivity contribution in [2.45, 2.75) is 33.6 Å². The highest BCUT2D eigenvalue weighted by atomic mass is 19.1. The zero-order chi connectivity index (χ0) is 22.5. The first-order valence-corrected chi connectivity index (χ1v) is 11.6. The summed E-state index contributed by atoms with van der Waals surface area (Å²) < 4.78 is 13.7. The second-order valence-electron chi connectivity index (χ2n) is 8.46. The van der Waals surface area contributed by atoms with Crippen LogP contribution in [0.15, 0.2) is 36.4 Å². The molecule has 0 amide bonds. The Hall–Kier alpha value is -2.93. The van der Waals surface area contributed by atoms with Crippen molar-refractivity contribution in [3.63, 3.8) is 0 Å². The van der Waals surface area contributed by atoms with Gasteiger partial charge in [-0.25, -0.2) is 9.37 Å². The van der Waals surface area contributed by atoms with Crippen LogP contribution in [0.4, 0.5) is 27.5 Å². The maximum Gasteiger partial charge on any atom is 0.229 e. The summed E-state index contributed by atoms with van der Waals surface area (Å²) in [4.78, 5) is 12.1. The van der Waals surface area contributed by atoms with E-state index in [0.29, 0.717) is 17.4 Å². The van der Waals surface area contributed by atoms with Crippen molar-refractivity contribution in [1.82, 2.24) is 15.3 Å². The van der Waals surface area contributed by atoms with Crippen LogP contribution < -0.4 is 20.9 Å². The van der Waals surface area contributed by atoms with Crippen LogP contribution in [0.2, 0.25) is 0 Å². The van der Waals surface area contributed by atoms with E-state index in [4.69, 9.17) is 9.97 Å². The Labute approximate surface area is 189 Å². The second kappa shape index (κ2) is 10.1.